The molecule has 1 saturated carbocycles. The van der Waals surface area contributed by atoms with Gasteiger partial charge >= 0.3 is 0 Å². The number of unbranched alkanes of at least 4 members (excludes halogenated alkanes) is 4. The van der Waals surface area contributed by atoms with Gasteiger partial charge in [0.05, 0.1) is 5.60 Å². The standard InChI is InChI=1S/C17H35NO/c1-4-5-6-7-8-13-19-17(14-18)11-9-16(10-12-17)15(2)3/h15-16H,4-14,18H2,1-3H3. The number of ether oxygens (including phenoxy) is 1. The van der Waals surface area contributed by atoms with Crippen LogP contribution in [0.1, 0.15) is 78.6 Å². The van der Waals surface area contributed by atoms with Crippen LogP contribution >= 0.6 is 0 Å². The molecule has 0 amide bonds. The lowest BCUT2D eigenvalue weighted by atomic mass is 9.74. The normalized spacial score (nSPS) is 27.9. The molecule has 0 radical (unpaired) electrons. The highest BCUT2D eigenvalue weighted by Crippen LogP contribution is 2.37. The van der Waals surface area contributed by atoms with Crippen LogP contribution in [0.4, 0.5) is 0 Å². The molecule has 0 heterocycles. The molecule has 0 aliphatic heterocycles. The smallest absolute Gasteiger partial charge is 0.0804 e. The second kappa shape index (κ2) is 8.97. The summed E-state index contributed by atoms with van der Waals surface area (Å²) in [6.07, 6.45) is 11.5. The summed E-state index contributed by atoms with van der Waals surface area (Å²) in [5.41, 5.74) is 6.01. The fourth-order valence-electron chi connectivity index (χ4n) is 3.23. The van der Waals surface area contributed by atoms with Gasteiger partial charge in [-0.1, -0.05) is 46.5 Å². The Morgan fingerprint density at radius 3 is 2.26 bits per heavy atom. The molecule has 2 heteroatoms. The highest BCUT2D eigenvalue weighted by molar-refractivity contribution is 4.89. The van der Waals surface area contributed by atoms with Crippen LogP contribution in [0.2, 0.25) is 0 Å². The van der Waals surface area contributed by atoms with Crippen molar-refractivity contribution >= 4 is 0 Å². The monoisotopic (exact) mass is 269 g/mol. The fraction of sp³-hybridized carbons (Fsp3) is 1.00. The van der Waals surface area contributed by atoms with Gasteiger partial charge < -0.3 is 10.5 Å². The summed E-state index contributed by atoms with van der Waals surface area (Å²) in [6, 6.07) is 0. The molecule has 0 aromatic rings. The average molecular weight is 269 g/mol. The molecule has 0 spiro atoms. The van der Waals surface area contributed by atoms with Crippen LogP contribution in [-0.4, -0.2) is 18.8 Å². The van der Waals surface area contributed by atoms with Gasteiger partial charge in [0, 0.05) is 13.2 Å². The van der Waals surface area contributed by atoms with E-state index in [4.69, 9.17) is 10.5 Å². The Morgan fingerprint density at radius 1 is 1.11 bits per heavy atom. The van der Waals surface area contributed by atoms with Crippen molar-refractivity contribution in [3.8, 4) is 0 Å². The van der Waals surface area contributed by atoms with E-state index in [2.05, 4.69) is 20.8 Å². The summed E-state index contributed by atoms with van der Waals surface area (Å²) in [4.78, 5) is 0. The van der Waals surface area contributed by atoms with E-state index >= 15 is 0 Å². The van der Waals surface area contributed by atoms with Crippen LogP contribution in [0, 0.1) is 11.8 Å². The topological polar surface area (TPSA) is 35.2 Å². The summed E-state index contributed by atoms with van der Waals surface area (Å²) in [5.74, 6) is 1.69. The first kappa shape index (κ1) is 17.0. The summed E-state index contributed by atoms with van der Waals surface area (Å²) in [7, 11) is 0. The van der Waals surface area contributed by atoms with E-state index in [0.717, 1.165) is 18.4 Å². The van der Waals surface area contributed by atoms with Crippen molar-refractivity contribution in [1.82, 2.24) is 0 Å². The molecule has 1 rings (SSSR count). The molecule has 0 aromatic carbocycles. The van der Waals surface area contributed by atoms with Gasteiger partial charge in [-0.15, -0.1) is 0 Å². The first-order valence-corrected chi connectivity index (χ1v) is 8.47. The maximum absolute atomic E-state index is 6.20. The number of hydrogen-bond donors (Lipinski definition) is 1. The molecule has 1 fully saturated rings. The average Bonchev–Trinajstić information content (AvgIpc) is 2.43. The van der Waals surface area contributed by atoms with Gasteiger partial charge in [0.25, 0.3) is 0 Å². The molecule has 114 valence electrons. The second-order valence-corrected chi connectivity index (χ2v) is 6.73. The molecular weight excluding hydrogens is 234 g/mol. The van der Waals surface area contributed by atoms with Crippen molar-refractivity contribution in [1.29, 1.82) is 0 Å². The zero-order chi connectivity index (χ0) is 14.1. The van der Waals surface area contributed by atoms with E-state index in [-0.39, 0.29) is 5.60 Å². The van der Waals surface area contributed by atoms with Gasteiger partial charge in [-0.05, 0) is 43.9 Å². The van der Waals surface area contributed by atoms with Gasteiger partial charge in [-0.2, -0.15) is 0 Å². The van der Waals surface area contributed by atoms with Crippen molar-refractivity contribution in [3.63, 3.8) is 0 Å². The Kier molecular flexibility index (Phi) is 8.01. The minimum Gasteiger partial charge on any atom is -0.374 e. The third kappa shape index (κ3) is 5.83. The fourth-order valence-corrected chi connectivity index (χ4v) is 3.23. The maximum Gasteiger partial charge on any atom is 0.0804 e. The molecule has 0 unspecified atom stereocenters. The van der Waals surface area contributed by atoms with E-state index in [9.17, 15) is 0 Å². The predicted molar refractivity (Wildman–Crippen MR) is 83.3 cm³/mol. The van der Waals surface area contributed by atoms with Crippen molar-refractivity contribution < 1.29 is 4.74 Å². The van der Waals surface area contributed by atoms with Crippen LogP contribution in [-0.2, 0) is 4.74 Å². The van der Waals surface area contributed by atoms with Crippen LogP contribution in [0.25, 0.3) is 0 Å². The van der Waals surface area contributed by atoms with Gasteiger partial charge in [-0.3, -0.25) is 0 Å². The van der Waals surface area contributed by atoms with Gasteiger partial charge in [0.1, 0.15) is 0 Å². The first-order valence-electron chi connectivity index (χ1n) is 8.47. The number of hydrogen-bond acceptors (Lipinski definition) is 2. The minimum absolute atomic E-state index is 0.0101. The molecule has 0 saturated heterocycles. The summed E-state index contributed by atoms with van der Waals surface area (Å²) in [6.45, 7) is 8.55. The summed E-state index contributed by atoms with van der Waals surface area (Å²) < 4.78 is 6.20. The van der Waals surface area contributed by atoms with Gasteiger partial charge in [-0.25, -0.2) is 0 Å². The SMILES string of the molecule is CCCCCCCOC1(CN)CCC(C(C)C)CC1. The third-order valence-electron chi connectivity index (χ3n) is 4.91. The highest BCUT2D eigenvalue weighted by atomic mass is 16.5. The van der Waals surface area contributed by atoms with E-state index < -0.39 is 0 Å². The molecule has 2 nitrogen and oxygen atoms in total. The summed E-state index contributed by atoms with van der Waals surface area (Å²) >= 11 is 0. The quantitative estimate of drug-likeness (QED) is 0.625. The Morgan fingerprint density at radius 2 is 1.74 bits per heavy atom. The molecule has 0 aromatic heterocycles. The Bertz CT molecular complexity index is 219. The van der Waals surface area contributed by atoms with E-state index in [1.54, 1.807) is 0 Å². The van der Waals surface area contributed by atoms with Crippen molar-refractivity contribution in [2.45, 2.75) is 84.2 Å². The molecule has 19 heavy (non-hydrogen) atoms. The van der Waals surface area contributed by atoms with Crippen molar-refractivity contribution in [2.24, 2.45) is 17.6 Å². The molecule has 0 atom stereocenters. The van der Waals surface area contributed by atoms with Crippen LogP contribution < -0.4 is 5.73 Å². The molecule has 1 aliphatic carbocycles. The maximum atomic E-state index is 6.20. The number of rotatable bonds is 9. The van der Waals surface area contributed by atoms with Crippen LogP contribution in [0.15, 0.2) is 0 Å². The Labute approximate surface area is 120 Å². The zero-order valence-electron chi connectivity index (χ0n) is 13.4. The third-order valence-corrected chi connectivity index (χ3v) is 4.91. The Hall–Kier alpha value is -0.0800. The van der Waals surface area contributed by atoms with Gasteiger partial charge in [0.15, 0.2) is 0 Å². The van der Waals surface area contributed by atoms with Crippen molar-refractivity contribution in [3.05, 3.63) is 0 Å². The molecular formula is C17H35NO. The first-order chi connectivity index (χ1) is 9.13. The van der Waals surface area contributed by atoms with Crippen LogP contribution in [0.3, 0.4) is 0 Å². The van der Waals surface area contributed by atoms with E-state index in [0.29, 0.717) is 6.54 Å². The molecule has 0 bridgehead atoms. The predicted octanol–water partition coefficient (Wildman–Crippen LogP) is 4.52. The highest BCUT2D eigenvalue weighted by Gasteiger charge is 2.35. The molecule has 1 aliphatic rings. The number of nitrogens with two attached hydrogens (primary N) is 1. The van der Waals surface area contributed by atoms with E-state index in [1.807, 2.05) is 0 Å². The Balaban J connectivity index is 2.22. The van der Waals surface area contributed by atoms with Gasteiger partial charge in [0.2, 0.25) is 0 Å². The lowest BCUT2D eigenvalue weighted by molar-refractivity contribution is -0.0756. The molecule has 2 N–H and O–H groups in total. The summed E-state index contributed by atoms with van der Waals surface area (Å²) in [5, 5.41) is 0. The van der Waals surface area contributed by atoms with Crippen LogP contribution in [0.5, 0.6) is 0 Å². The zero-order valence-corrected chi connectivity index (χ0v) is 13.4. The lowest BCUT2D eigenvalue weighted by Crippen LogP contribution is -2.44. The minimum atomic E-state index is 0.0101. The van der Waals surface area contributed by atoms with E-state index in [1.165, 1.54) is 57.8 Å². The largest absolute Gasteiger partial charge is 0.374 e. The lowest BCUT2D eigenvalue weighted by Gasteiger charge is -2.40. The second-order valence-electron chi connectivity index (χ2n) is 6.73. The van der Waals surface area contributed by atoms with Crippen molar-refractivity contribution in [2.75, 3.05) is 13.2 Å².